The molecule has 0 aromatic heterocycles. The zero-order chi connectivity index (χ0) is 11.3. The highest BCUT2D eigenvalue weighted by atomic mass is 32.1. The van der Waals surface area contributed by atoms with Crippen LogP contribution in [-0.4, -0.2) is 4.98 Å². The van der Waals surface area contributed by atoms with Gasteiger partial charge in [-0.2, -0.15) is 0 Å². The molecule has 2 aliphatic rings. The summed E-state index contributed by atoms with van der Waals surface area (Å²) in [5.74, 6) is 0. The van der Waals surface area contributed by atoms with Crippen molar-refractivity contribution >= 4 is 22.2 Å². The SMILES string of the molecule is Cc1sc2nc3ccccc3c-2c(C)c1C. The Hall–Kier alpha value is -1.41. The molecular formula is C14H13NS. The van der Waals surface area contributed by atoms with Gasteiger partial charge in [0.15, 0.2) is 0 Å². The fourth-order valence-corrected chi connectivity index (χ4v) is 3.28. The summed E-state index contributed by atoms with van der Waals surface area (Å²) < 4.78 is 0. The molecule has 1 aromatic rings. The molecule has 0 atom stereocenters. The van der Waals surface area contributed by atoms with Crippen molar-refractivity contribution in [3.8, 4) is 10.6 Å². The number of hydrogen-bond acceptors (Lipinski definition) is 2. The average Bonchev–Trinajstić information content (AvgIpc) is 2.64. The van der Waals surface area contributed by atoms with Gasteiger partial charge in [-0.3, -0.25) is 0 Å². The zero-order valence-corrected chi connectivity index (χ0v) is 10.5. The van der Waals surface area contributed by atoms with Gasteiger partial charge in [0.05, 0.1) is 5.52 Å². The van der Waals surface area contributed by atoms with Crippen molar-refractivity contribution in [2.24, 2.45) is 0 Å². The van der Waals surface area contributed by atoms with Crippen LogP contribution in [0.1, 0.15) is 16.0 Å². The number of fused-ring (bicyclic) bond motifs is 3. The molecule has 3 rings (SSSR count). The van der Waals surface area contributed by atoms with Crippen molar-refractivity contribution < 1.29 is 0 Å². The summed E-state index contributed by atoms with van der Waals surface area (Å²) in [6.45, 7) is 6.57. The number of nitrogens with zero attached hydrogens (tertiary/aromatic N) is 1. The first-order chi connectivity index (χ1) is 7.68. The van der Waals surface area contributed by atoms with Crippen LogP contribution in [0.4, 0.5) is 0 Å². The van der Waals surface area contributed by atoms with Crippen LogP contribution in [-0.2, 0) is 0 Å². The summed E-state index contributed by atoms with van der Waals surface area (Å²) in [7, 11) is 0. The fourth-order valence-electron chi connectivity index (χ4n) is 2.17. The molecule has 0 bridgehead atoms. The number of rotatable bonds is 0. The molecule has 0 N–H and O–H groups in total. The quantitative estimate of drug-likeness (QED) is 0.557. The van der Waals surface area contributed by atoms with E-state index in [4.69, 9.17) is 4.98 Å². The van der Waals surface area contributed by atoms with E-state index >= 15 is 0 Å². The van der Waals surface area contributed by atoms with E-state index in [2.05, 4.69) is 39.0 Å². The molecule has 0 amide bonds. The Morgan fingerprint density at radius 1 is 1.00 bits per heavy atom. The molecule has 0 aliphatic carbocycles. The second-order valence-electron chi connectivity index (χ2n) is 4.22. The maximum Gasteiger partial charge on any atom is 0.125 e. The summed E-state index contributed by atoms with van der Waals surface area (Å²) in [6.07, 6.45) is 0. The topological polar surface area (TPSA) is 12.9 Å². The third kappa shape index (κ3) is 1.20. The van der Waals surface area contributed by atoms with Gasteiger partial charge in [-0.1, -0.05) is 18.2 Å². The molecule has 2 heterocycles. The normalized spacial score (nSPS) is 11.4. The van der Waals surface area contributed by atoms with Crippen LogP contribution in [0, 0.1) is 20.8 Å². The van der Waals surface area contributed by atoms with Crippen LogP contribution in [0.5, 0.6) is 0 Å². The smallest absolute Gasteiger partial charge is 0.125 e. The zero-order valence-electron chi connectivity index (χ0n) is 9.66. The van der Waals surface area contributed by atoms with Crippen molar-refractivity contribution in [3.05, 3.63) is 40.3 Å². The highest BCUT2D eigenvalue weighted by Gasteiger charge is 2.17. The van der Waals surface area contributed by atoms with Gasteiger partial charge in [0.25, 0.3) is 0 Å². The second kappa shape index (κ2) is 3.29. The minimum absolute atomic E-state index is 1.11. The molecular weight excluding hydrogens is 214 g/mol. The first kappa shape index (κ1) is 9.79. The van der Waals surface area contributed by atoms with Gasteiger partial charge in [0.2, 0.25) is 0 Å². The number of aromatic nitrogens is 1. The maximum absolute atomic E-state index is 4.70. The standard InChI is InChI=1S/C14H13NS/c1-8-9(2)13-11-6-4-5-7-12(11)15-14(13)16-10(8)3/h4-7H,1-3H3. The Kier molecular flexibility index (Phi) is 2.01. The Morgan fingerprint density at radius 2 is 1.75 bits per heavy atom. The molecule has 0 saturated carbocycles. The van der Waals surface area contributed by atoms with Crippen molar-refractivity contribution in [1.82, 2.24) is 4.98 Å². The Labute approximate surface area is 99.1 Å². The van der Waals surface area contributed by atoms with Crippen molar-refractivity contribution in [1.29, 1.82) is 0 Å². The first-order valence-electron chi connectivity index (χ1n) is 5.43. The molecule has 2 aliphatic heterocycles. The maximum atomic E-state index is 4.70. The lowest BCUT2D eigenvalue weighted by molar-refractivity contribution is 1.32. The first-order valence-corrected chi connectivity index (χ1v) is 6.25. The summed E-state index contributed by atoms with van der Waals surface area (Å²) in [6, 6.07) is 8.39. The molecule has 0 radical (unpaired) electrons. The van der Waals surface area contributed by atoms with Gasteiger partial charge < -0.3 is 0 Å². The molecule has 0 unspecified atom stereocenters. The van der Waals surface area contributed by atoms with Crippen molar-refractivity contribution in [2.75, 3.05) is 0 Å². The van der Waals surface area contributed by atoms with Gasteiger partial charge in [0, 0.05) is 15.8 Å². The van der Waals surface area contributed by atoms with Crippen molar-refractivity contribution in [2.45, 2.75) is 20.8 Å². The van der Waals surface area contributed by atoms with Crippen LogP contribution >= 0.6 is 11.3 Å². The predicted octanol–water partition coefficient (Wildman–Crippen LogP) is 4.33. The molecule has 0 spiro atoms. The fraction of sp³-hybridized carbons (Fsp3) is 0.214. The molecule has 2 heteroatoms. The molecule has 80 valence electrons. The minimum Gasteiger partial charge on any atom is -0.237 e. The summed E-state index contributed by atoms with van der Waals surface area (Å²) in [4.78, 5) is 6.06. The third-order valence-corrected chi connectivity index (χ3v) is 4.43. The lowest BCUT2D eigenvalue weighted by Crippen LogP contribution is -1.88. The van der Waals surface area contributed by atoms with Gasteiger partial charge in [-0.05, 0) is 38.0 Å². The van der Waals surface area contributed by atoms with E-state index in [0.29, 0.717) is 0 Å². The molecule has 1 aromatic carbocycles. The van der Waals surface area contributed by atoms with Gasteiger partial charge in [0.1, 0.15) is 5.01 Å². The molecule has 1 nitrogen and oxygen atoms in total. The highest BCUT2D eigenvalue weighted by molar-refractivity contribution is 7.15. The Bertz CT molecular complexity index is 651. The van der Waals surface area contributed by atoms with Crippen LogP contribution in [0.25, 0.3) is 21.5 Å². The Balaban J connectivity index is 2.56. The van der Waals surface area contributed by atoms with Gasteiger partial charge in [-0.25, -0.2) is 4.98 Å². The molecule has 0 fully saturated rings. The van der Waals surface area contributed by atoms with E-state index < -0.39 is 0 Å². The van der Waals surface area contributed by atoms with Crippen LogP contribution in [0.2, 0.25) is 0 Å². The monoisotopic (exact) mass is 227 g/mol. The van der Waals surface area contributed by atoms with E-state index in [-0.39, 0.29) is 0 Å². The summed E-state index contributed by atoms with van der Waals surface area (Å²) in [5, 5.41) is 2.45. The number of para-hydroxylation sites is 1. The number of benzene rings is 1. The predicted molar refractivity (Wildman–Crippen MR) is 70.5 cm³/mol. The largest absolute Gasteiger partial charge is 0.237 e. The van der Waals surface area contributed by atoms with E-state index in [1.54, 1.807) is 11.3 Å². The van der Waals surface area contributed by atoms with Crippen LogP contribution in [0.3, 0.4) is 0 Å². The second-order valence-corrected chi connectivity index (χ2v) is 5.42. The highest BCUT2D eigenvalue weighted by Crippen LogP contribution is 2.39. The van der Waals surface area contributed by atoms with E-state index in [0.717, 1.165) is 5.52 Å². The van der Waals surface area contributed by atoms with E-state index in [1.807, 2.05) is 6.07 Å². The lowest BCUT2D eigenvalue weighted by atomic mass is 10.0. The van der Waals surface area contributed by atoms with Gasteiger partial charge in [-0.15, -0.1) is 11.3 Å². The lowest BCUT2D eigenvalue weighted by Gasteiger charge is -2.09. The molecule has 0 saturated heterocycles. The number of aryl methyl sites for hydroxylation is 1. The van der Waals surface area contributed by atoms with E-state index in [1.165, 1.54) is 32.0 Å². The van der Waals surface area contributed by atoms with Gasteiger partial charge >= 0.3 is 0 Å². The number of hydrogen-bond donors (Lipinski definition) is 0. The summed E-state index contributed by atoms with van der Waals surface area (Å²) >= 11 is 1.80. The summed E-state index contributed by atoms with van der Waals surface area (Å²) in [5.41, 5.74) is 5.22. The van der Waals surface area contributed by atoms with Crippen LogP contribution in [0.15, 0.2) is 24.3 Å². The Morgan fingerprint density at radius 3 is 2.56 bits per heavy atom. The minimum atomic E-state index is 1.11. The average molecular weight is 227 g/mol. The van der Waals surface area contributed by atoms with Crippen molar-refractivity contribution in [3.63, 3.8) is 0 Å². The van der Waals surface area contributed by atoms with Crippen LogP contribution < -0.4 is 0 Å². The van der Waals surface area contributed by atoms with E-state index in [9.17, 15) is 0 Å². The third-order valence-electron chi connectivity index (χ3n) is 3.32. The molecule has 16 heavy (non-hydrogen) atoms.